The Morgan fingerprint density at radius 1 is 1.40 bits per heavy atom. The molecule has 1 aliphatic rings. The number of likely N-dealkylation sites (tertiary alicyclic amines) is 1. The van der Waals surface area contributed by atoms with Crippen LogP contribution in [0.15, 0.2) is 0 Å². The number of nitrogens with zero attached hydrogens (tertiary/aromatic N) is 1. The number of nitrogens with one attached hydrogen (secondary N) is 1. The third kappa shape index (κ3) is 5.36. The number of rotatable bonds is 4. The highest BCUT2D eigenvalue weighted by molar-refractivity contribution is 5.77. The summed E-state index contributed by atoms with van der Waals surface area (Å²) in [7, 11) is 0. The van der Waals surface area contributed by atoms with Crippen molar-refractivity contribution in [2.45, 2.75) is 46.1 Å². The van der Waals surface area contributed by atoms with Crippen molar-refractivity contribution < 1.29 is 9.59 Å². The smallest absolute Gasteiger partial charge is 0.312 e. The molecule has 2 unspecified atom stereocenters. The standard InChI is InChI=1S/C14H28N4O2/c1-14(2,3)11(15)7-12(19)18-6-4-5-10(9-18)8-17-13(16)20/h10-11H,4-9,15H2,1-3H3,(H3,16,17,20). The second-order valence-electron chi connectivity index (χ2n) is 6.77. The molecule has 1 rings (SSSR count). The molecule has 2 atom stereocenters. The van der Waals surface area contributed by atoms with Crippen LogP contribution >= 0.6 is 0 Å². The van der Waals surface area contributed by atoms with Crippen LogP contribution in [0.2, 0.25) is 0 Å². The van der Waals surface area contributed by atoms with Crippen LogP contribution in [0.25, 0.3) is 0 Å². The van der Waals surface area contributed by atoms with Crippen molar-refractivity contribution >= 4 is 11.9 Å². The number of nitrogens with two attached hydrogens (primary N) is 2. The third-order valence-electron chi connectivity index (χ3n) is 3.94. The second-order valence-corrected chi connectivity index (χ2v) is 6.77. The predicted molar refractivity (Wildman–Crippen MR) is 78.9 cm³/mol. The molecular weight excluding hydrogens is 256 g/mol. The molecule has 0 saturated carbocycles. The Morgan fingerprint density at radius 3 is 2.60 bits per heavy atom. The maximum Gasteiger partial charge on any atom is 0.312 e. The van der Waals surface area contributed by atoms with Crippen LogP contribution in [0.4, 0.5) is 4.79 Å². The minimum absolute atomic E-state index is 0.0711. The molecule has 0 radical (unpaired) electrons. The van der Waals surface area contributed by atoms with Gasteiger partial charge in [-0.3, -0.25) is 4.79 Å². The lowest BCUT2D eigenvalue weighted by molar-refractivity contribution is -0.133. The van der Waals surface area contributed by atoms with Gasteiger partial charge in [0.05, 0.1) is 0 Å². The molecule has 20 heavy (non-hydrogen) atoms. The van der Waals surface area contributed by atoms with E-state index in [4.69, 9.17) is 11.5 Å². The molecule has 1 aliphatic heterocycles. The van der Waals surface area contributed by atoms with E-state index in [-0.39, 0.29) is 23.3 Å². The van der Waals surface area contributed by atoms with E-state index in [1.807, 2.05) is 25.7 Å². The summed E-state index contributed by atoms with van der Waals surface area (Å²) in [5.74, 6) is 0.391. The SMILES string of the molecule is CC(C)(C)C(N)CC(=O)N1CCCC(CNC(N)=O)C1. The van der Waals surface area contributed by atoms with Crippen LogP contribution < -0.4 is 16.8 Å². The van der Waals surface area contributed by atoms with Crippen LogP contribution in [0.3, 0.4) is 0 Å². The van der Waals surface area contributed by atoms with Crippen LogP contribution in [0, 0.1) is 11.3 Å². The summed E-state index contributed by atoms with van der Waals surface area (Å²) in [6, 6.07) is -0.651. The van der Waals surface area contributed by atoms with E-state index in [0.29, 0.717) is 19.5 Å². The molecule has 0 aromatic heterocycles. The van der Waals surface area contributed by atoms with Gasteiger partial charge in [0.25, 0.3) is 0 Å². The van der Waals surface area contributed by atoms with Gasteiger partial charge in [-0.15, -0.1) is 0 Å². The number of hydrogen-bond donors (Lipinski definition) is 3. The highest BCUT2D eigenvalue weighted by atomic mass is 16.2. The largest absolute Gasteiger partial charge is 0.352 e. The summed E-state index contributed by atoms with van der Waals surface area (Å²) in [5.41, 5.74) is 11.1. The Morgan fingerprint density at radius 2 is 2.05 bits per heavy atom. The van der Waals surface area contributed by atoms with Gasteiger partial charge in [-0.05, 0) is 24.2 Å². The van der Waals surface area contributed by atoms with E-state index >= 15 is 0 Å². The highest BCUT2D eigenvalue weighted by Crippen LogP contribution is 2.22. The molecular formula is C14H28N4O2. The van der Waals surface area contributed by atoms with Crippen LogP contribution in [-0.4, -0.2) is 42.5 Å². The van der Waals surface area contributed by atoms with Gasteiger partial charge >= 0.3 is 6.03 Å². The Kier molecular flexibility index (Phi) is 5.80. The zero-order valence-corrected chi connectivity index (χ0v) is 12.8. The lowest BCUT2D eigenvalue weighted by Gasteiger charge is -2.35. The fraction of sp³-hybridized carbons (Fsp3) is 0.857. The number of urea groups is 1. The van der Waals surface area contributed by atoms with Crippen molar-refractivity contribution in [3.8, 4) is 0 Å². The first-order chi connectivity index (χ1) is 9.20. The molecule has 1 fully saturated rings. The minimum atomic E-state index is -0.511. The number of carbonyl (C=O) groups excluding carboxylic acids is 2. The van der Waals surface area contributed by atoms with Crippen molar-refractivity contribution in [2.24, 2.45) is 22.8 Å². The van der Waals surface area contributed by atoms with Crippen molar-refractivity contribution in [3.05, 3.63) is 0 Å². The number of hydrogen-bond acceptors (Lipinski definition) is 3. The average molecular weight is 284 g/mol. The molecule has 6 nitrogen and oxygen atoms in total. The fourth-order valence-electron chi connectivity index (χ4n) is 2.33. The van der Waals surface area contributed by atoms with Crippen molar-refractivity contribution in [1.29, 1.82) is 0 Å². The summed E-state index contributed by atoms with van der Waals surface area (Å²) in [4.78, 5) is 24.9. The molecule has 1 saturated heterocycles. The first kappa shape index (κ1) is 16.8. The van der Waals surface area contributed by atoms with E-state index < -0.39 is 6.03 Å². The van der Waals surface area contributed by atoms with Crippen LogP contribution in [-0.2, 0) is 4.79 Å². The molecule has 116 valence electrons. The maximum absolute atomic E-state index is 12.3. The maximum atomic E-state index is 12.3. The molecule has 3 amide bonds. The van der Waals surface area contributed by atoms with Gasteiger partial charge in [0.1, 0.15) is 0 Å². The van der Waals surface area contributed by atoms with Crippen molar-refractivity contribution in [3.63, 3.8) is 0 Å². The topological polar surface area (TPSA) is 101 Å². The molecule has 0 aliphatic carbocycles. The Hall–Kier alpha value is -1.30. The summed E-state index contributed by atoms with van der Waals surface area (Å²) in [5, 5.41) is 2.62. The van der Waals surface area contributed by atoms with Gasteiger partial charge < -0.3 is 21.7 Å². The highest BCUT2D eigenvalue weighted by Gasteiger charge is 2.28. The Balaban J connectivity index is 2.46. The monoisotopic (exact) mass is 284 g/mol. The van der Waals surface area contributed by atoms with Gasteiger partial charge in [0.15, 0.2) is 0 Å². The van der Waals surface area contributed by atoms with Crippen molar-refractivity contribution in [2.75, 3.05) is 19.6 Å². The molecule has 0 bridgehead atoms. The van der Waals surface area contributed by atoms with Gasteiger partial charge in [-0.25, -0.2) is 4.79 Å². The lowest BCUT2D eigenvalue weighted by atomic mass is 9.85. The van der Waals surface area contributed by atoms with Crippen molar-refractivity contribution in [1.82, 2.24) is 10.2 Å². The molecule has 5 N–H and O–H groups in total. The van der Waals surface area contributed by atoms with E-state index in [1.54, 1.807) is 0 Å². The van der Waals surface area contributed by atoms with E-state index in [0.717, 1.165) is 19.4 Å². The number of amides is 3. The zero-order chi connectivity index (χ0) is 15.3. The summed E-state index contributed by atoms with van der Waals surface area (Å²) in [6.45, 7) is 8.12. The average Bonchev–Trinajstić information content (AvgIpc) is 2.35. The second kappa shape index (κ2) is 6.92. The van der Waals surface area contributed by atoms with Gasteiger partial charge in [0, 0.05) is 32.1 Å². The van der Waals surface area contributed by atoms with Gasteiger partial charge in [0.2, 0.25) is 5.91 Å². The fourth-order valence-corrected chi connectivity index (χ4v) is 2.33. The van der Waals surface area contributed by atoms with E-state index in [2.05, 4.69) is 5.32 Å². The number of carbonyl (C=O) groups is 2. The first-order valence-corrected chi connectivity index (χ1v) is 7.27. The van der Waals surface area contributed by atoms with Gasteiger partial charge in [-0.2, -0.15) is 0 Å². The van der Waals surface area contributed by atoms with E-state index in [1.165, 1.54) is 0 Å². The Labute approximate surface area is 121 Å². The Bertz CT molecular complexity index is 352. The quantitative estimate of drug-likeness (QED) is 0.706. The molecule has 1 heterocycles. The predicted octanol–water partition coefficient (Wildman–Crippen LogP) is 0.657. The van der Waals surface area contributed by atoms with Gasteiger partial charge in [-0.1, -0.05) is 20.8 Å². The van der Waals surface area contributed by atoms with Crippen LogP contribution in [0.5, 0.6) is 0 Å². The number of primary amides is 1. The first-order valence-electron chi connectivity index (χ1n) is 7.27. The molecule has 0 aromatic rings. The lowest BCUT2D eigenvalue weighted by Crippen LogP contribution is -2.47. The summed E-state index contributed by atoms with van der Waals surface area (Å²) >= 11 is 0. The molecule has 0 aromatic carbocycles. The normalized spacial score (nSPS) is 21.4. The number of piperidine rings is 1. The molecule has 0 spiro atoms. The summed E-state index contributed by atoms with van der Waals surface area (Å²) < 4.78 is 0. The third-order valence-corrected chi connectivity index (χ3v) is 3.94. The molecule has 6 heteroatoms. The minimum Gasteiger partial charge on any atom is -0.352 e. The van der Waals surface area contributed by atoms with Crippen LogP contribution in [0.1, 0.15) is 40.0 Å². The zero-order valence-electron chi connectivity index (χ0n) is 12.8. The van der Waals surface area contributed by atoms with E-state index in [9.17, 15) is 9.59 Å². The summed E-state index contributed by atoms with van der Waals surface area (Å²) in [6.07, 6.45) is 2.34.